The van der Waals surface area contributed by atoms with Gasteiger partial charge in [-0.1, -0.05) is 13.8 Å². The fourth-order valence-corrected chi connectivity index (χ4v) is 4.52. The molecule has 0 atom stereocenters. The number of imidazole rings is 1. The van der Waals surface area contributed by atoms with Crippen molar-refractivity contribution in [1.29, 1.82) is 0 Å². The Morgan fingerprint density at radius 1 is 1.38 bits per heavy atom. The summed E-state index contributed by atoms with van der Waals surface area (Å²) in [6.07, 6.45) is 3.23. The van der Waals surface area contributed by atoms with Gasteiger partial charge in [-0.3, -0.25) is 23.6 Å². The van der Waals surface area contributed by atoms with Crippen molar-refractivity contribution in [2.24, 2.45) is 13.0 Å². The quantitative estimate of drug-likeness (QED) is 0.547. The molecule has 0 N–H and O–H groups in total. The van der Waals surface area contributed by atoms with E-state index in [1.807, 2.05) is 13.8 Å². The molecule has 0 saturated heterocycles. The van der Waals surface area contributed by atoms with Gasteiger partial charge in [0.2, 0.25) is 5.28 Å². The Bertz CT molecular complexity index is 1190. The van der Waals surface area contributed by atoms with Gasteiger partial charge in [0.1, 0.15) is 4.83 Å². The molecule has 0 saturated carbocycles. The van der Waals surface area contributed by atoms with E-state index in [0.717, 1.165) is 9.63 Å². The maximum atomic E-state index is 13.1. The average Bonchev–Trinajstić information content (AvgIpc) is 3.26. The number of fused-ring (bicyclic) bond motifs is 1. The van der Waals surface area contributed by atoms with E-state index >= 15 is 0 Å². The molecule has 3 heterocycles. The lowest BCUT2D eigenvalue weighted by Gasteiger charge is -2.15. The summed E-state index contributed by atoms with van der Waals surface area (Å²) in [5, 5.41) is 1.52. The Kier molecular flexibility index (Phi) is 5.97. The van der Waals surface area contributed by atoms with Crippen molar-refractivity contribution in [3.8, 4) is 0 Å². The Morgan fingerprint density at radius 3 is 2.62 bits per heavy atom. The molecule has 0 aliphatic rings. The Balaban J connectivity index is 2.38. The van der Waals surface area contributed by atoms with Gasteiger partial charge in [0.15, 0.2) is 0 Å². The van der Waals surface area contributed by atoms with Gasteiger partial charge in [-0.25, -0.2) is 14.8 Å². The minimum Gasteiger partial charge on any atom is -0.317 e. The predicted molar refractivity (Wildman–Crippen MR) is 112 cm³/mol. The fraction of sp³-hybridized carbons (Fsp3) is 0.444. The third kappa shape index (κ3) is 3.75. The molecule has 0 bridgehead atoms. The number of rotatable bonds is 6. The Hall–Kier alpha value is -2.43. The molecule has 0 radical (unpaired) electrons. The van der Waals surface area contributed by atoms with Gasteiger partial charge in [-0.15, -0.1) is 11.3 Å². The molecule has 0 unspecified atom stereocenters. The summed E-state index contributed by atoms with van der Waals surface area (Å²) in [6, 6.07) is 0. The highest BCUT2D eigenvalue weighted by atomic mass is 35.5. The smallest absolute Gasteiger partial charge is 0.317 e. The minimum absolute atomic E-state index is 0.169. The van der Waals surface area contributed by atoms with Crippen LogP contribution in [-0.2, 0) is 25.0 Å². The van der Waals surface area contributed by atoms with Gasteiger partial charge in [0.25, 0.3) is 11.5 Å². The highest BCUT2D eigenvalue weighted by molar-refractivity contribution is 7.19. The van der Waals surface area contributed by atoms with Crippen LogP contribution in [0.15, 0.2) is 22.0 Å². The van der Waals surface area contributed by atoms with E-state index in [9.17, 15) is 14.4 Å². The van der Waals surface area contributed by atoms with Gasteiger partial charge in [0, 0.05) is 37.9 Å². The van der Waals surface area contributed by atoms with Crippen molar-refractivity contribution >= 4 is 39.1 Å². The fourth-order valence-electron chi connectivity index (χ4n) is 3.06. The molecular weight excluding hydrogens is 418 g/mol. The maximum absolute atomic E-state index is 13.1. The lowest BCUT2D eigenvalue weighted by molar-refractivity contribution is -0.0756. The number of carbonyl (C=O) groups is 1. The third-order valence-corrected chi connectivity index (χ3v) is 6.06. The number of hydrogen-bond acceptors (Lipinski definition) is 6. The third-order valence-electron chi connectivity index (χ3n) is 4.54. The van der Waals surface area contributed by atoms with Crippen LogP contribution in [-0.4, -0.2) is 43.8 Å². The summed E-state index contributed by atoms with van der Waals surface area (Å²) in [7, 11) is 4.25. The van der Waals surface area contributed by atoms with Crippen LogP contribution in [0.4, 0.5) is 0 Å². The van der Waals surface area contributed by atoms with Crippen LogP contribution in [0.25, 0.3) is 10.2 Å². The summed E-state index contributed by atoms with van der Waals surface area (Å²) in [5.41, 5.74) is -0.724. The first-order chi connectivity index (χ1) is 13.7. The van der Waals surface area contributed by atoms with E-state index in [-0.39, 0.29) is 28.7 Å². The molecule has 0 aromatic carbocycles. The van der Waals surface area contributed by atoms with E-state index < -0.39 is 17.2 Å². The monoisotopic (exact) mass is 439 g/mol. The molecule has 29 heavy (non-hydrogen) atoms. The Morgan fingerprint density at radius 2 is 2.07 bits per heavy atom. The number of nitrogens with zero attached hydrogens (tertiary/aromatic N) is 5. The van der Waals surface area contributed by atoms with E-state index in [4.69, 9.17) is 16.4 Å². The second-order valence-corrected chi connectivity index (χ2v) is 8.46. The minimum atomic E-state index is -0.517. The number of hydroxylamine groups is 2. The number of carbonyl (C=O) groups excluding carboxylic acids is 1. The van der Waals surface area contributed by atoms with Crippen LogP contribution in [0.3, 0.4) is 0 Å². The highest BCUT2D eigenvalue weighted by Crippen LogP contribution is 2.31. The van der Waals surface area contributed by atoms with Crippen LogP contribution in [0.2, 0.25) is 5.28 Å². The van der Waals surface area contributed by atoms with E-state index in [1.54, 1.807) is 21.5 Å². The van der Waals surface area contributed by atoms with Crippen molar-refractivity contribution in [3.05, 3.63) is 49.0 Å². The number of thiophene rings is 1. The van der Waals surface area contributed by atoms with Crippen molar-refractivity contribution in [2.45, 2.75) is 26.9 Å². The topological polar surface area (TPSA) is 91.4 Å². The molecule has 3 rings (SSSR count). The molecule has 3 aromatic rings. The van der Waals surface area contributed by atoms with E-state index in [0.29, 0.717) is 16.3 Å². The summed E-state index contributed by atoms with van der Waals surface area (Å²) in [4.78, 5) is 48.9. The van der Waals surface area contributed by atoms with Gasteiger partial charge >= 0.3 is 5.69 Å². The average molecular weight is 440 g/mol. The maximum Gasteiger partial charge on any atom is 0.331 e. The Labute approximate surface area is 175 Å². The van der Waals surface area contributed by atoms with E-state index in [1.165, 1.54) is 32.5 Å². The van der Waals surface area contributed by atoms with Crippen molar-refractivity contribution in [1.82, 2.24) is 23.7 Å². The zero-order valence-electron chi connectivity index (χ0n) is 16.8. The number of hydrogen-bond donors (Lipinski definition) is 0. The van der Waals surface area contributed by atoms with Gasteiger partial charge < -0.3 is 4.57 Å². The van der Waals surface area contributed by atoms with Gasteiger partial charge in [-0.05, 0) is 17.5 Å². The van der Waals surface area contributed by atoms with Crippen molar-refractivity contribution < 1.29 is 9.63 Å². The highest BCUT2D eigenvalue weighted by Gasteiger charge is 2.28. The summed E-state index contributed by atoms with van der Waals surface area (Å²) >= 11 is 7.34. The number of halogens is 1. The molecule has 3 aromatic heterocycles. The summed E-state index contributed by atoms with van der Waals surface area (Å²) < 4.78 is 4.24. The normalized spacial score (nSPS) is 11.6. The van der Waals surface area contributed by atoms with Crippen molar-refractivity contribution in [3.63, 3.8) is 0 Å². The summed E-state index contributed by atoms with van der Waals surface area (Å²) in [5.74, 6) is -0.306. The molecule has 0 spiro atoms. The molecule has 9 nitrogen and oxygen atoms in total. The number of aromatic nitrogens is 4. The SMILES string of the molecule is CON(C)C(=O)c1c(Cn2ccnc2Cl)sc2c1c(=O)n(C)c(=O)n2CC(C)C. The molecular formula is C18H22ClN5O4S. The van der Waals surface area contributed by atoms with Crippen LogP contribution in [0.1, 0.15) is 29.1 Å². The first kappa shape index (κ1) is 21.3. The molecule has 1 amide bonds. The van der Waals surface area contributed by atoms with Gasteiger partial charge in [-0.2, -0.15) is 0 Å². The van der Waals surface area contributed by atoms with Crippen LogP contribution < -0.4 is 11.2 Å². The zero-order valence-corrected chi connectivity index (χ0v) is 18.4. The zero-order chi connectivity index (χ0) is 21.5. The summed E-state index contributed by atoms with van der Waals surface area (Å²) in [6.45, 7) is 4.61. The second kappa shape index (κ2) is 8.13. The molecule has 0 aliphatic carbocycles. The van der Waals surface area contributed by atoms with Crippen LogP contribution in [0, 0.1) is 5.92 Å². The molecule has 156 valence electrons. The second-order valence-electron chi connectivity index (χ2n) is 7.04. The lowest BCUT2D eigenvalue weighted by Crippen LogP contribution is -2.39. The van der Waals surface area contributed by atoms with Crippen LogP contribution >= 0.6 is 22.9 Å². The van der Waals surface area contributed by atoms with E-state index in [2.05, 4.69) is 4.98 Å². The standard InChI is InChI=1S/C18H22ClN5O4S/c1-10(2)8-24-16-13(14(25)21(3)18(24)27)12(15(26)22(4)28-5)11(29-16)9-23-7-6-20-17(23)19/h6-7,10H,8-9H2,1-5H3. The van der Waals surface area contributed by atoms with Gasteiger partial charge in [0.05, 0.1) is 24.6 Å². The molecule has 0 aliphatic heterocycles. The first-order valence-corrected chi connectivity index (χ1v) is 10.1. The molecule has 11 heteroatoms. The van der Waals surface area contributed by atoms with Crippen LogP contribution in [0.5, 0.6) is 0 Å². The largest absolute Gasteiger partial charge is 0.331 e. The molecule has 0 fully saturated rings. The lowest BCUT2D eigenvalue weighted by atomic mass is 10.1. The first-order valence-electron chi connectivity index (χ1n) is 8.91. The number of amides is 1. The predicted octanol–water partition coefficient (Wildman–Crippen LogP) is 1.95. The van der Waals surface area contributed by atoms with Crippen molar-refractivity contribution in [2.75, 3.05) is 14.2 Å².